The topological polar surface area (TPSA) is 90.1 Å². The van der Waals surface area contributed by atoms with E-state index in [2.05, 4.69) is 20.7 Å². The molecule has 0 saturated carbocycles. The van der Waals surface area contributed by atoms with Crippen LogP contribution < -0.4 is 5.32 Å². The number of rotatable bonds is 2. The van der Waals surface area contributed by atoms with Crippen LogP contribution in [0.3, 0.4) is 0 Å². The minimum Gasteiger partial charge on any atom is -0.376 e. The molecule has 0 atom stereocenters. The van der Waals surface area contributed by atoms with Crippen LogP contribution in [0.15, 0.2) is 4.52 Å². The molecule has 3 heterocycles. The summed E-state index contributed by atoms with van der Waals surface area (Å²) in [7, 11) is 0. The second kappa shape index (κ2) is 5.07. The third-order valence-corrected chi connectivity index (χ3v) is 3.58. The molecule has 2 aromatic rings. The maximum absolute atomic E-state index is 12.4. The maximum atomic E-state index is 12.4. The Morgan fingerprint density at radius 2 is 2.14 bits per heavy atom. The molecular weight excluding hydrogens is 313 g/mol. The van der Waals surface area contributed by atoms with E-state index in [9.17, 15) is 18.0 Å². The van der Waals surface area contributed by atoms with Crippen molar-refractivity contribution in [3.63, 3.8) is 0 Å². The number of carbonyl (C=O) groups is 1. The summed E-state index contributed by atoms with van der Waals surface area (Å²) in [5.74, 6) is -0.171. The number of nitrogens with zero attached hydrogens (tertiary/aromatic N) is 3. The maximum Gasteiger partial charge on any atom is 0.445 e. The van der Waals surface area contributed by atoms with Crippen LogP contribution in [0.4, 0.5) is 18.3 Å². The molecule has 1 amide bonds. The largest absolute Gasteiger partial charge is 0.445 e. The smallest absolute Gasteiger partial charge is 0.376 e. The Kier molecular flexibility index (Phi) is 3.37. The fraction of sp³-hybridized carbons (Fsp3) is 0.400. The highest BCUT2D eigenvalue weighted by atomic mass is 32.1. The number of alkyl halides is 3. The first kappa shape index (κ1) is 13.9. The van der Waals surface area contributed by atoms with E-state index in [-0.39, 0.29) is 28.8 Å². The highest BCUT2D eigenvalue weighted by Gasteiger charge is 2.36. The number of ether oxygens (including phenoxy) is 1. The molecule has 1 aliphatic rings. The second-order valence-electron chi connectivity index (χ2n) is 4.10. The molecule has 0 bridgehead atoms. The quantitative estimate of drug-likeness (QED) is 0.908. The van der Waals surface area contributed by atoms with Crippen molar-refractivity contribution in [3.8, 4) is 0 Å². The lowest BCUT2D eigenvalue weighted by Crippen LogP contribution is -2.17. The van der Waals surface area contributed by atoms with Crippen molar-refractivity contribution in [3.05, 3.63) is 22.0 Å². The molecule has 0 aliphatic carbocycles. The highest BCUT2D eigenvalue weighted by Crippen LogP contribution is 2.33. The van der Waals surface area contributed by atoms with E-state index in [4.69, 9.17) is 9.26 Å². The summed E-state index contributed by atoms with van der Waals surface area (Å²) < 4.78 is 47.4. The monoisotopic (exact) mass is 320 g/mol. The summed E-state index contributed by atoms with van der Waals surface area (Å²) in [6, 6.07) is 0. The molecule has 3 rings (SSSR count). The van der Waals surface area contributed by atoms with Crippen molar-refractivity contribution in [2.24, 2.45) is 0 Å². The molecular formula is C10H7F3N4O3S. The summed E-state index contributed by atoms with van der Waals surface area (Å²) in [5, 5.41) is 10.7. The zero-order valence-electron chi connectivity index (χ0n) is 10.2. The van der Waals surface area contributed by atoms with Gasteiger partial charge < -0.3 is 9.26 Å². The SMILES string of the molecule is O=C(Nc1nnc(C(F)(F)F)s1)c1noc2c1COCC2. The van der Waals surface area contributed by atoms with Crippen LogP contribution in [-0.2, 0) is 23.9 Å². The summed E-state index contributed by atoms with van der Waals surface area (Å²) in [4.78, 5) is 12.0. The van der Waals surface area contributed by atoms with Crippen LogP contribution in [0.2, 0.25) is 0 Å². The molecule has 112 valence electrons. The number of fused-ring (bicyclic) bond motifs is 1. The van der Waals surface area contributed by atoms with Crippen LogP contribution in [-0.4, -0.2) is 27.9 Å². The van der Waals surface area contributed by atoms with Gasteiger partial charge in [0.25, 0.3) is 5.91 Å². The van der Waals surface area contributed by atoms with Gasteiger partial charge in [-0.1, -0.05) is 16.5 Å². The van der Waals surface area contributed by atoms with E-state index >= 15 is 0 Å². The minimum absolute atomic E-state index is 0.0199. The third kappa shape index (κ3) is 2.74. The van der Waals surface area contributed by atoms with Crippen molar-refractivity contribution in [1.82, 2.24) is 15.4 Å². The fourth-order valence-electron chi connectivity index (χ4n) is 1.75. The van der Waals surface area contributed by atoms with Crippen molar-refractivity contribution < 1.29 is 27.2 Å². The van der Waals surface area contributed by atoms with Gasteiger partial charge in [-0.2, -0.15) is 13.2 Å². The molecule has 0 fully saturated rings. The molecule has 0 radical (unpaired) electrons. The minimum atomic E-state index is -4.60. The first-order chi connectivity index (χ1) is 9.95. The van der Waals surface area contributed by atoms with Crippen LogP contribution in [0, 0.1) is 0 Å². The lowest BCUT2D eigenvalue weighted by atomic mass is 10.1. The van der Waals surface area contributed by atoms with E-state index in [1.54, 1.807) is 0 Å². The molecule has 21 heavy (non-hydrogen) atoms. The first-order valence-corrected chi connectivity index (χ1v) is 6.54. The Hall–Kier alpha value is -2.01. The zero-order chi connectivity index (χ0) is 15.0. The molecule has 2 aromatic heterocycles. The van der Waals surface area contributed by atoms with Crippen LogP contribution in [0.25, 0.3) is 0 Å². The van der Waals surface area contributed by atoms with E-state index in [1.807, 2.05) is 0 Å². The van der Waals surface area contributed by atoms with Crippen LogP contribution in [0.5, 0.6) is 0 Å². The van der Waals surface area contributed by atoms with Gasteiger partial charge in [0.2, 0.25) is 10.1 Å². The fourth-order valence-corrected chi connectivity index (χ4v) is 2.36. The van der Waals surface area contributed by atoms with Gasteiger partial charge in [0.1, 0.15) is 5.76 Å². The number of aromatic nitrogens is 3. The second-order valence-corrected chi connectivity index (χ2v) is 5.08. The number of hydrogen-bond donors (Lipinski definition) is 1. The van der Waals surface area contributed by atoms with Crippen molar-refractivity contribution in [2.75, 3.05) is 11.9 Å². The lowest BCUT2D eigenvalue weighted by molar-refractivity contribution is -0.138. The molecule has 0 unspecified atom stereocenters. The Balaban J connectivity index is 1.78. The highest BCUT2D eigenvalue weighted by molar-refractivity contribution is 7.15. The molecule has 0 spiro atoms. The van der Waals surface area contributed by atoms with Gasteiger partial charge in [0.05, 0.1) is 18.8 Å². The molecule has 1 aliphatic heterocycles. The van der Waals surface area contributed by atoms with Crippen molar-refractivity contribution in [1.29, 1.82) is 0 Å². The number of anilines is 1. The third-order valence-electron chi connectivity index (χ3n) is 2.69. The van der Waals surface area contributed by atoms with E-state index < -0.39 is 17.1 Å². The summed E-state index contributed by atoms with van der Waals surface area (Å²) in [5.41, 5.74) is 0.479. The summed E-state index contributed by atoms with van der Waals surface area (Å²) in [6.45, 7) is 0.639. The number of halogens is 3. The Bertz CT molecular complexity index is 681. The van der Waals surface area contributed by atoms with Crippen LogP contribution in [0.1, 0.15) is 26.8 Å². The van der Waals surface area contributed by atoms with Gasteiger partial charge in [-0.15, -0.1) is 10.2 Å². The van der Waals surface area contributed by atoms with Crippen molar-refractivity contribution >= 4 is 22.4 Å². The molecule has 1 N–H and O–H groups in total. The van der Waals surface area contributed by atoms with Gasteiger partial charge in [-0.05, 0) is 0 Å². The first-order valence-electron chi connectivity index (χ1n) is 5.72. The number of hydrogen-bond acceptors (Lipinski definition) is 7. The standard InChI is InChI=1S/C10H7F3N4O3S/c11-10(12,13)8-15-16-9(21-8)14-7(18)6-4-3-19-2-1-5(4)20-17-6/h1-3H2,(H,14,16,18). The zero-order valence-corrected chi connectivity index (χ0v) is 11.0. The number of amides is 1. The predicted molar refractivity (Wildman–Crippen MR) is 62.7 cm³/mol. The molecule has 11 heteroatoms. The van der Waals surface area contributed by atoms with Gasteiger partial charge >= 0.3 is 6.18 Å². The number of nitrogens with one attached hydrogen (secondary N) is 1. The number of carbonyl (C=O) groups excluding carboxylic acids is 1. The Morgan fingerprint density at radius 3 is 2.86 bits per heavy atom. The molecule has 0 saturated heterocycles. The predicted octanol–water partition coefficient (Wildman–Crippen LogP) is 1.87. The summed E-state index contributed by atoms with van der Waals surface area (Å²) >= 11 is 0.234. The summed E-state index contributed by atoms with van der Waals surface area (Å²) in [6.07, 6.45) is -4.10. The van der Waals surface area contributed by atoms with Gasteiger partial charge in [-0.25, -0.2) is 0 Å². The Labute approximate surface area is 119 Å². The molecule has 0 aromatic carbocycles. The van der Waals surface area contributed by atoms with E-state index in [0.717, 1.165) is 0 Å². The van der Waals surface area contributed by atoms with Gasteiger partial charge in [0, 0.05) is 6.42 Å². The van der Waals surface area contributed by atoms with Gasteiger partial charge in [-0.3, -0.25) is 10.1 Å². The average molecular weight is 320 g/mol. The average Bonchev–Trinajstić information content (AvgIpc) is 3.03. The van der Waals surface area contributed by atoms with Gasteiger partial charge in [0.15, 0.2) is 5.69 Å². The normalized spacial score (nSPS) is 14.8. The van der Waals surface area contributed by atoms with Crippen LogP contribution >= 0.6 is 11.3 Å². The van der Waals surface area contributed by atoms with E-state index in [0.29, 0.717) is 24.4 Å². The lowest BCUT2D eigenvalue weighted by Gasteiger charge is -2.09. The van der Waals surface area contributed by atoms with Crippen molar-refractivity contribution in [2.45, 2.75) is 19.2 Å². The van der Waals surface area contributed by atoms with E-state index in [1.165, 1.54) is 0 Å². The molecule has 7 nitrogen and oxygen atoms in total. The Morgan fingerprint density at radius 1 is 1.33 bits per heavy atom.